The molecule has 1 aromatic rings. The fourth-order valence-corrected chi connectivity index (χ4v) is 1.56. The van der Waals surface area contributed by atoms with Gasteiger partial charge in [0.05, 0.1) is 7.11 Å². The lowest BCUT2D eigenvalue weighted by atomic mass is 10.2. The van der Waals surface area contributed by atoms with Crippen LogP contribution >= 0.6 is 0 Å². The van der Waals surface area contributed by atoms with Gasteiger partial charge in [0.25, 0.3) is 11.8 Å². The molecule has 0 aliphatic heterocycles. The fraction of sp³-hybridized carbons (Fsp3) is 0.438. The van der Waals surface area contributed by atoms with Crippen LogP contribution in [0, 0.1) is 5.92 Å². The third-order valence-corrected chi connectivity index (χ3v) is 2.82. The van der Waals surface area contributed by atoms with Crippen LogP contribution in [0.1, 0.15) is 24.2 Å². The molecule has 0 unspecified atom stereocenters. The normalized spacial score (nSPS) is 10.1. The van der Waals surface area contributed by atoms with E-state index >= 15 is 0 Å². The standard InChI is InChI=1S/C16H22N2O5/c1-11(2)8-17-14(19)10-23-15(20)9-18-16(21)12-4-6-13(22-3)7-5-12/h4-7,11H,8-10H2,1-3H3,(H,17,19)(H,18,21). The lowest BCUT2D eigenvalue weighted by Gasteiger charge is -2.09. The molecule has 23 heavy (non-hydrogen) atoms. The first kappa shape index (κ1) is 18.5. The van der Waals surface area contributed by atoms with Crippen LogP contribution in [0.15, 0.2) is 24.3 Å². The molecule has 7 nitrogen and oxygen atoms in total. The Morgan fingerprint density at radius 1 is 1.09 bits per heavy atom. The maximum atomic E-state index is 11.8. The second-order valence-electron chi connectivity index (χ2n) is 5.27. The lowest BCUT2D eigenvalue weighted by molar-refractivity contribution is -0.147. The van der Waals surface area contributed by atoms with Gasteiger partial charge in [-0.3, -0.25) is 14.4 Å². The van der Waals surface area contributed by atoms with Gasteiger partial charge in [-0.05, 0) is 30.2 Å². The Labute approximate surface area is 135 Å². The average Bonchev–Trinajstić information content (AvgIpc) is 2.55. The van der Waals surface area contributed by atoms with Crippen LogP contribution in [0.5, 0.6) is 5.75 Å². The molecule has 7 heteroatoms. The smallest absolute Gasteiger partial charge is 0.325 e. The van der Waals surface area contributed by atoms with Crippen LogP contribution in [0.25, 0.3) is 0 Å². The Hall–Kier alpha value is -2.57. The van der Waals surface area contributed by atoms with Crippen LogP contribution in [-0.2, 0) is 14.3 Å². The molecule has 0 atom stereocenters. The molecule has 0 spiro atoms. The fourth-order valence-electron chi connectivity index (χ4n) is 1.56. The maximum Gasteiger partial charge on any atom is 0.325 e. The summed E-state index contributed by atoms with van der Waals surface area (Å²) >= 11 is 0. The van der Waals surface area contributed by atoms with Gasteiger partial charge in [0.15, 0.2) is 6.61 Å². The first-order chi connectivity index (χ1) is 10.9. The number of hydrogen-bond donors (Lipinski definition) is 2. The van der Waals surface area contributed by atoms with Gasteiger partial charge in [0.1, 0.15) is 12.3 Å². The predicted molar refractivity (Wildman–Crippen MR) is 84.1 cm³/mol. The lowest BCUT2D eigenvalue weighted by Crippen LogP contribution is -2.35. The molecule has 2 amide bonds. The first-order valence-corrected chi connectivity index (χ1v) is 7.27. The van der Waals surface area contributed by atoms with Crippen molar-refractivity contribution in [1.29, 1.82) is 0 Å². The van der Waals surface area contributed by atoms with Crippen molar-refractivity contribution in [2.75, 3.05) is 26.8 Å². The number of carbonyl (C=O) groups excluding carboxylic acids is 3. The third-order valence-electron chi connectivity index (χ3n) is 2.82. The number of benzene rings is 1. The minimum absolute atomic E-state index is 0.303. The SMILES string of the molecule is COc1ccc(C(=O)NCC(=O)OCC(=O)NCC(C)C)cc1. The monoisotopic (exact) mass is 322 g/mol. The van der Waals surface area contributed by atoms with E-state index in [-0.39, 0.29) is 19.1 Å². The summed E-state index contributed by atoms with van der Waals surface area (Å²) in [7, 11) is 1.53. The highest BCUT2D eigenvalue weighted by atomic mass is 16.5. The number of amides is 2. The zero-order valence-electron chi connectivity index (χ0n) is 13.5. The summed E-state index contributed by atoms with van der Waals surface area (Å²) in [6.45, 7) is 3.78. The van der Waals surface area contributed by atoms with E-state index in [0.29, 0.717) is 23.8 Å². The Morgan fingerprint density at radius 3 is 2.30 bits per heavy atom. The van der Waals surface area contributed by atoms with Gasteiger partial charge in [0.2, 0.25) is 0 Å². The maximum absolute atomic E-state index is 11.8. The number of methoxy groups -OCH3 is 1. The molecule has 0 aromatic heterocycles. The van der Waals surface area contributed by atoms with E-state index in [4.69, 9.17) is 9.47 Å². The molecule has 0 saturated carbocycles. The van der Waals surface area contributed by atoms with Crippen LogP contribution < -0.4 is 15.4 Å². The van der Waals surface area contributed by atoms with Crippen molar-refractivity contribution in [2.45, 2.75) is 13.8 Å². The summed E-state index contributed by atoms with van der Waals surface area (Å²) in [5.74, 6) is -0.499. The topological polar surface area (TPSA) is 93.7 Å². The van der Waals surface area contributed by atoms with Crippen LogP contribution in [0.2, 0.25) is 0 Å². The minimum Gasteiger partial charge on any atom is -0.497 e. The van der Waals surface area contributed by atoms with Crippen molar-refractivity contribution in [3.8, 4) is 5.75 Å². The third kappa shape index (κ3) is 7.30. The van der Waals surface area contributed by atoms with Gasteiger partial charge in [-0.25, -0.2) is 0 Å². The van der Waals surface area contributed by atoms with E-state index in [9.17, 15) is 14.4 Å². The molecule has 0 bridgehead atoms. The zero-order valence-corrected chi connectivity index (χ0v) is 13.5. The van der Waals surface area contributed by atoms with Crippen molar-refractivity contribution in [3.05, 3.63) is 29.8 Å². The Morgan fingerprint density at radius 2 is 1.74 bits per heavy atom. The quantitative estimate of drug-likeness (QED) is 0.689. The molecule has 0 aliphatic carbocycles. The van der Waals surface area contributed by atoms with Gasteiger partial charge in [0, 0.05) is 12.1 Å². The summed E-state index contributed by atoms with van der Waals surface area (Å²) in [5, 5.41) is 5.05. The van der Waals surface area contributed by atoms with Gasteiger partial charge in [-0.15, -0.1) is 0 Å². The number of ether oxygens (including phenoxy) is 2. The van der Waals surface area contributed by atoms with E-state index in [0.717, 1.165) is 0 Å². The molecule has 0 saturated heterocycles. The van der Waals surface area contributed by atoms with E-state index in [2.05, 4.69) is 10.6 Å². The number of rotatable bonds is 8. The Balaban J connectivity index is 2.29. The summed E-state index contributed by atoms with van der Waals surface area (Å²) in [6, 6.07) is 6.45. The number of nitrogens with one attached hydrogen (secondary N) is 2. The van der Waals surface area contributed by atoms with Gasteiger partial charge >= 0.3 is 5.97 Å². The average molecular weight is 322 g/mol. The van der Waals surface area contributed by atoms with Gasteiger partial charge < -0.3 is 20.1 Å². The molecule has 126 valence electrons. The molecule has 2 N–H and O–H groups in total. The summed E-state index contributed by atoms with van der Waals surface area (Å²) in [5.41, 5.74) is 0.397. The van der Waals surface area contributed by atoms with Crippen LogP contribution in [-0.4, -0.2) is 44.6 Å². The summed E-state index contributed by atoms with van der Waals surface area (Å²) < 4.78 is 9.77. The Kier molecular flexibility index (Phi) is 7.59. The second-order valence-corrected chi connectivity index (χ2v) is 5.27. The number of hydrogen-bond acceptors (Lipinski definition) is 5. The van der Waals surface area contributed by atoms with Crippen LogP contribution in [0.3, 0.4) is 0 Å². The molecule has 0 aliphatic rings. The first-order valence-electron chi connectivity index (χ1n) is 7.27. The summed E-state index contributed by atoms with van der Waals surface area (Å²) in [4.78, 5) is 34.7. The highest BCUT2D eigenvalue weighted by Gasteiger charge is 2.11. The van der Waals surface area contributed by atoms with E-state index in [1.54, 1.807) is 24.3 Å². The molecule has 0 fully saturated rings. The van der Waals surface area contributed by atoms with E-state index in [1.807, 2.05) is 13.8 Å². The van der Waals surface area contributed by atoms with Crippen molar-refractivity contribution >= 4 is 17.8 Å². The Bertz CT molecular complexity index is 540. The van der Waals surface area contributed by atoms with Crippen molar-refractivity contribution in [3.63, 3.8) is 0 Å². The zero-order chi connectivity index (χ0) is 17.2. The minimum atomic E-state index is -0.674. The van der Waals surface area contributed by atoms with Gasteiger partial charge in [-0.2, -0.15) is 0 Å². The number of esters is 1. The van der Waals surface area contributed by atoms with Crippen molar-refractivity contribution in [1.82, 2.24) is 10.6 Å². The second kappa shape index (κ2) is 9.45. The summed E-state index contributed by atoms with van der Waals surface area (Å²) in [6.07, 6.45) is 0. The highest BCUT2D eigenvalue weighted by molar-refractivity contribution is 5.96. The molecular weight excluding hydrogens is 300 g/mol. The van der Waals surface area contributed by atoms with E-state index < -0.39 is 11.9 Å². The largest absolute Gasteiger partial charge is 0.497 e. The molecule has 1 aromatic carbocycles. The number of carbonyl (C=O) groups is 3. The van der Waals surface area contributed by atoms with Crippen molar-refractivity contribution in [2.24, 2.45) is 5.92 Å². The predicted octanol–water partition coefficient (Wildman–Crippen LogP) is 0.740. The molecule has 0 heterocycles. The van der Waals surface area contributed by atoms with Crippen molar-refractivity contribution < 1.29 is 23.9 Å². The highest BCUT2D eigenvalue weighted by Crippen LogP contribution is 2.10. The van der Waals surface area contributed by atoms with Crippen LogP contribution in [0.4, 0.5) is 0 Å². The van der Waals surface area contributed by atoms with E-state index in [1.165, 1.54) is 7.11 Å². The molecule has 1 rings (SSSR count). The molecule has 0 radical (unpaired) electrons. The molecular formula is C16H22N2O5. The van der Waals surface area contributed by atoms with Gasteiger partial charge in [-0.1, -0.05) is 13.8 Å².